The highest BCUT2D eigenvalue weighted by atomic mass is 14.9. The van der Waals surface area contributed by atoms with Crippen LogP contribution in [-0.2, 0) is 0 Å². The van der Waals surface area contributed by atoms with Crippen LogP contribution in [0.15, 0.2) is 49.1 Å². The third-order valence-electron chi connectivity index (χ3n) is 2.57. The van der Waals surface area contributed by atoms with E-state index in [2.05, 4.69) is 15.3 Å². The van der Waals surface area contributed by atoms with Gasteiger partial charge in [0.1, 0.15) is 0 Å². The third-order valence-corrected chi connectivity index (χ3v) is 2.57. The topological polar surface area (TPSA) is 63.8 Å². The second-order valence-electron chi connectivity index (χ2n) is 3.74. The number of nitrogens with two attached hydrogens (primary N) is 1. The molecule has 0 saturated carbocycles. The maximum Gasteiger partial charge on any atom is 0.0579 e. The van der Waals surface area contributed by atoms with Gasteiger partial charge >= 0.3 is 0 Å². The number of rotatable bonds is 5. The standard InChI is InChI=1S/C13H16N4/c14-5-10-17-13(11-1-6-15-7-2-11)12-3-8-16-9-4-12/h1-4,6-9,13,17H,5,10,14H2. The summed E-state index contributed by atoms with van der Waals surface area (Å²) < 4.78 is 0. The van der Waals surface area contributed by atoms with E-state index < -0.39 is 0 Å². The van der Waals surface area contributed by atoms with Gasteiger partial charge in [-0.25, -0.2) is 0 Å². The van der Waals surface area contributed by atoms with E-state index in [1.807, 2.05) is 24.3 Å². The zero-order valence-electron chi connectivity index (χ0n) is 9.58. The fourth-order valence-corrected chi connectivity index (χ4v) is 1.77. The van der Waals surface area contributed by atoms with Gasteiger partial charge in [-0.3, -0.25) is 9.97 Å². The normalized spacial score (nSPS) is 10.7. The Morgan fingerprint density at radius 3 is 1.82 bits per heavy atom. The Balaban J connectivity index is 2.26. The summed E-state index contributed by atoms with van der Waals surface area (Å²) in [5, 5.41) is 3.42. The quantitative estimate of drug-likeness (QED) is 0.804. The summed E-state index contributed by atoms with van der Waals surface area (Å²) in [6.45, 7) is 1.39. The van der Waals surface area contributed by atoms with Gasteiger partial charge in [0.2, 0.25) is 0 Å². The average Bonchev–Trinajstić information content (AvgIpc) is 2.42. The lowest BCUT2D eigenvalue weighted by atomic mass is 10.0. The van der Waals surface area contributed by atoms with Crippen LogP contribution in [0.1, 0.15) is 17.2 Å². The van der Waals surface area contributed by atoms with Crippen molar-refractivity contribution in [2.75, 3.05) is 13.1 Å². The number of nitrogens with one attached hydrogen (secondary N) is 1. The number of pyridine rings is 2. The molecule has 4 heteroatoms. The molecule has 4 nitrogen and oxygen atoms in total. The molecule has 0 aliphatic carbocycles. The van der Waals surface area contributed by atoms with Crippen LogP contribution in [0.25, 0.3) is 0 Å². The number of aromatic nitrogens is 2. The summed E-state index contributed by atoms with van der Waals surface area (Å²) in [6.07, 6.45) is 7.20. The summed E-state index contributed by atoms with van der Waals surface area (Å²) in [7, 11) is 0. The maximum atomic E-state index is 5.55. The van der Waals surface area contributed by atoms with Crippen molar-refractivity contribution in [3.8, 4) is 0 Å². The molecule has 0 saturated heterocycles. The molecule has 0 radical (unpaired) electrons. The van der Waals surface area contributed by atoms with Crippen LogP contribution in [-0.4, -0.2) is 23.1 Å². The molecule has 0 fully saturated rings. The fourth-order valence-electron chi connectivity index (χ4n) is 1.77. The van der Waals surface area contributed by atoms with Gasteiger partial charge < -0.3 is 11.1 Å². The van der Waals surface area contributed by atoms with Crippen LogP contribution >= 0.6 is 0 Å². The molecule has 3 N–H and O–H groups in total. The van der Waals surface area contributed by atoms with E-state index in [9.17, 15) is 0 Å². The molecule has 2 aromatic rings. The van der Waals surface area contributed by atoms with Gasteiger partial charge in [-0.2, -0.15) is 0 Å². The van der Waals surface area contributed by atoms with Crippen LogP contribution in [0.2, 0.25) is 0 Å². The highest BCUT2D eigenvalue weighted by molar-refractivity contribution is 5.28. The van der Waals surface area contributed by atoms with Crippen molar-refractivity contribution in [1.29, 1.82) is 0 Å². The zero-order chi connectivity index (χ0) is 11.9. The largest absolute Gasteiger partial charge is 0.329 e. The molecular weight excluding hydrogens is 212 g/mol. The van der Waals surface area contributed by atoms with E-state index in [1.54, 1.807) is 24.8 Å². The minimum atomic E-state index is 0.143. The minimum absolute atomic E-state index is 0.143. The van der Waals surface area contributed by atoms with Crippen molar-refractivity contribution in [2.24, 2.45) is 5.73 Å². The van der Waals surface area contributed by atoms with E-state index in [1.165, 1.54) is 11.1 Å². The van der Waals surface area contributed by atoms with Gasteiger partial charge in [0.15, 0.2) is 0 Å². The van der Waals surface area contributed by atoms with E-state index in [0.29, 0.717) is 6.54 Å². The van der Waals surface area contributed by atoms with Gasteiger partial charge in [-0.05, 0) is 35.4 Å². The van der Waals surface area contributed by atoms with Crippen LogP contribution in [0.5, 0.6) is 0 Å². The third kappa shape index (κ3) is 3.09. The number of nitrogens with zero attached hydrogens (tertiary/aromatic N) is 2. The van der Waals surface area contributed by atoms with Gasteiger partial charge in [-0.1, -0.05) is 0 Å². The summed E-state index contributed by atoms with van der Waals surface area (Å²) in [5.41, 5.74) is 7.91. The van der Waals surface area contributed by atoms with Gasteiger partial charge in [0.25, 0.3) is 0 Å². The molecule has 88 valence electrons. The lowest BCUT2D eigenvalue weighted by molar-refractivity contribution is 0.610. The summed E-state index contributed by atoms with van der Waals surface area (Å²) in [5.74, 6) is 0. The Morgan fingerprint density at radius 1 is 0.941 bits per heavy atom. The molecule has 2 aromatic heterocycles. The van der Waals surface area contributed by atoms with Crippen LogP contribution < -0.4 is 11.1 Å². The van der Waals surface area contributed by atoms with Crippen molar-refractivity contribution in [3.05, 3.63) is 60.2 Å². The Morgan fingerprint density at radius 2 is 1.41 bits per heavy atom. The molecule has 0 amide bonds. The minimum Gasteiger partial charge on any atom is -0.329 e. The Labute approximate surface area is 101 Å². The second kappa shape index (κ2) is 6.08. The first-order chi connectivity index (χ1) is 8.42. The Bertz CT molecular complexity index is 390. The smallest absolute Gasteiger partial charge is 0.0579 e. The molecule has 0 spiro atoms. The lowest BCUT2D eigenvalue weighted by Crippen LogP contribution is -2.28. The molecule has 0 aromatic carbocycles. The Kier molecular flexibility index (Phi) is 4.18. The molecule has 0 bridgehead atoms. The van der Waals surface area contributed by atoms with Gasteiger partial charge in [0.05, 0.1) is 6.04 Å². The molecule has 0 aliphatic rings. The van der Waals surface area contributed by atoms with E-state index in [0.717, 1.165) is 6.54 Å². The van der Waals surface area contributed by atoms with Crippen molar-refractivity contribution in [2.45, 2.75) is 6.04 Å². The predicted molar refractivity (Wildman–Crippen MR) is 67.4 cm³/mol. The molecule has 0 atom stereocenters. The van der Waals surface area contributed by atoms with E-state index in [-0.39, 0.29) is 6.04 Å². The maximum absolute atomic E-state index is 5.55. The number of hydrogen-bond donors (Lipinski definition) is 2. The first-order valence-corrected chi connectivity index (χ1v) is 5.65. The summed E-state index contributed by atoms with van der Waals surface area (Å²) in [6, 6.07) is 8.18. The molecule has 2 heterocycles. The van der Waals surface area contributed by atoms with E-state index in [4.69, 9.17) is 5.73 Å². The van der Waals surface area contributed by atoms with Crippen molar-refractivity contribution >= 4 is 0 Å². The van der Waals surface area contributed by atoms with Crippen molar-refractivity contribution < 1.29 is 0 Å². The first kappa shape index (κ1) is 11.7. The highest BCUT2D eigenvalue weighted by Crippen LogP contribution is 2.20. The molecule has 17 heavy (non-hydrogen) atoms. The molecule has 2 rings (SSSR count). The highest BCUT2D eigenvalue weighted by Gasteiger charge is 2.12. The van der Waals surface area contributed by atoms with Crippen molar-refractivity contribution in [3.63, 3.8) is 0 Å². The molecular formula is C13H16N4. The number of hydrogen-bond acceptors (Lipinski definition) is 4. The van der Waals surface area contributed by atoms with Gasteiger partial charge in [0, 0.05) is 37.9 Å². The summed E-state index contributed by atoms with van der Waals surface area (Å²) >= 11 is 0. The predicted octanol–water partition coefficient (Wildman–Crippen LogP) is 1.11. The monoisotopic (exact) mass is 228 g/mol. The van der Waals surface area contributed by atoms with E-state index >= 15 is 0 Å². The SMILES string of the molecule is NCCNC(c1ccncc1)c1ccncc1. The second-order valence-corrected chi connectivity index (χ2v) is 3.74. The molecule has 0 unspecified atom stereocenters. The van der Waals surface area contributed by atoms with Crippen LogP contribution in [0.3, 0.4) is 0 Å². The summed E-state index contributed by atoms with van der Waals surface area (Å²) in [4.78, 5) is 8.07. The van der Waals surface area contributed by atoms with Crippen molar-refractivity contribution in [1.82, 2.24) is 15.3 Å². The van der Waals surface area contributed by atoms with Gasteiger partial charge in [-0.15, -0.1) is 0 Å². The fraction of sp³-hybridized carbons (Fsp3) is 0.231. The van der Waals surface area contributed by atoms with Crippen LogP contribution in [0, 0.1) is 0 Å². The average molecular weight is 228 g/mol. The zero-order valence-corrected chi connectivity index (χ0v) is 9.58. The Hall–Kier alpha value is -1.78. The molecule has 0 aliphatic heterocycles. The first-order valence-electron chi connectivity index (χ1n) is 5.65. The van der Waals surface area contributed by atoms with Crippen LogP contribution in [0.4, 0.5) is 0 Å². The lowest BCUT2D eigenvalue weighted by Gasteiger charge is -2.19.